The van der Waals surface area contributed by atoms with Gasteiger partial charge in [0.1, 0.15) is 5.75 Å². The monoisotopic (exact) mass is 325 g/mol. The summed E-state index contributed by atoms with van der Waals surface area (Å²) in [5, 5.41) is 3.88. The molecule has 0 aromatic heterocycles. The van der Waals surface area contributed by atoms with Crippen molar-refractivity contribution in [3.05, 3.63) is 53.1 Å². The highest BCUT2D eigenvalue weighted by atomic mass is 35.5. The third-order valence-electron chi connectivity index (χ3n) is 2.94. The van der Waals surface area contributed by atoms with Gasteiger partial charge in [-0.1, -0.05) is 11.6 Å². The maximum atomic E-state index is 11.7. The minimum absolute atomic E-state index is 0.245. The van der Waals surface area contributed by atoms with Crippen molar-refractivity contribution in [2.45, 2.75) is 11.4 Å². The van der Waals surface area contributed by atoms with Gasteiger partial charge in [-0.2, -0.15) is 0 Å². The van der Waals surface area contributed by atoms with E-state index in [-0.39, 0.29) is 4.90 Å². The summed E-state index contributed by atoms with van der Waals surface area (Å²) >= 11 is 5.83. The summed E-state index contributed by atoms with van der Waals surface area (Å²) in [7, 11) is -1.76. The van der Waals surface area contributed by atoms with E-state index in [0.29, 0.717) is 17.3 Å². The molecule has 0 aliphatic rings. The van der Waals surface area contributed by atoms with Crippen LogP contribution in [-0.4, -0.2) is 21.8 Å². The SMILES string of the molecule is COc1cc(CNc2ccc(Cl)cc2)cc(S(C)(=O)=O)c1. The fraction of sp³-hybridized carbons (Fsp3) is 0.200. The summed E-state index contributed by atoms with van der Waals surface area (Å²) < 4.78 is 28.5. The van der Waals surface area contributed by atoms with Crippen LogP contribution in [0.3, 0.4) is 0 Å². The molecule has 0 fully saturated rings. The number of rotatable bonds is 5. The van der Waals surface area contributed by atoms with Gasteiger partial charge in [0.25, 0.3) is 0 Å². The van der Waals surface area contributed by atoms with E-state index in [0.717, 1.165) is 11.3 Å². The Morgan fingerprint density at radius 1 is 1.14 bits per heavy atom. The zero-order chi connectivity index (χ0) is 15.5. The first-order valence-corrected chi connectivity index (χ1v) is 8.53. The molecule has 0 bridgehead atoms. The van der Waals surface area contributed by atoms with Crippen molar-refractivity contribution in [1.82, 2.24) is 0 Å². The van der Waals surface area contributed by atoms with Gasteiger partial charge < -0.3 is 10.1 Å². The summed E-state index contributed by atoms with van der Waals surface area (Å²) in [6.07, 6.45) is 1.18. The zero-order valence-electron chi connectivity index (χ0n) is 11.8. The molecule has 0 heterocycles. The number of nitrogens with one attached hydrogen (secondary N) is 1. The highest BCUT2D eigenvalue weighted by Crippen LogP contribution is 2.22. The first kappa shape index (κ1) is 15.7. The number of sulfone groups is 1. The van der Waals surface area contributed by atoms with Gasteiger partial charge in [-0.3, -0.25) is 0 Å². The molecule has 2 rings (SSSR count). The number of anilines is 1. The second-order valence-corrected chi connectivity index (χ2v) is 7.10. The van der Waals surface area contributed by atoms with Crippen molar-refractivity contribution in [3.63, 3.8) is 0 Å². The Morgan fingerprint density at radius 2 is 1.81 bits per heavy atom. The van der Waals surface area contributed by atoms with Gasteiger partial charge in [0.15, 0.2) is 9.84 Å². The van der Waals surface area contributed by atoms with Gasteiger partial charge in [0, 0.05) is 23.5 Å². The lowest BCUT2D eigenvalue weighted by molar-refractivity contribution is 0.413. The number of hydrogen-bond acceptors (Lipinski definition) is 4. The topological polar surface area (TPSA) is 55.4 Å². The number of methoxy groups -OCH3 is 1. The minimum atomic E-state index is -3.27. The van der Waals surface area contributed by atoms with Crippen LogP contribution in [-0.2, 0) is 16.4 Å². The minimum Gasteiger partial charge on any atom is -0.497 e. The van der Waals surface area contributed by atoms with Gasteiger partial charge in [0.05, 0.1) is 12.0 Å². The third kappa shape index (κ3) is 4.37. The summed E-state index contributed by atoms with van der Waals surface area (Å²) in [5.41, 5.74) is 1.73. The van der Waals surface area contributed by atoms with E-state index in [9.17, 15) is 8.42 Å². The van der Waals surface area contributed by atoms with E-state index in [4.69, 9.17) is 16.3 Å². The van der Waals surface area contributed by atoms with Crippen molar-refractivity contribution in [3.8, 4) is 5.75 Å². The predicted octanol–water partition coefficient (Wildman–Crippen LogP) is 3.36. The smallest absolute Gasteiger partial charge is 0.175 e. The molecule has 0 saturated heterocycles. The lowest BCUT2D eigenvalue weighted by Crippen LogP contribution is -2.03. The molecular weight excluding hydrogens is 310 g/mol. The average molecular weight is 326 g/mol. The molecule has 1 N–H and O–H groups in total. The van der Waals surface area contributed by atoms with Crippen LogP contribution in [0.1, 0.15) is 5.56 Å². The van der Waals surface area contributed by atoms with Gasteiger partial charge in [-0.15, -0.1) is 0 Å². The molecule has 0 aliphatic carbocycles. The Morgan fingerprint density at radius 3 is 2.38 bits per heavy atom. The maximum Gasteiger partial charge on any atom is 0.175 e. The normalized spacial score (nSPS) is 11.2. The van der Waals surface area contributed by atoms with E-state index < -0.39 is 9.84 Å². The van der Waals surface area contributed by atoms with Gasteiger partial charge in [-0.05, 0) is 48.0 Å². The van der Waals surface area contributed by atoms with E-state index in [1.165, 1.54) is 19.4 Å². The van der Waals surface area contributed by atoms with E-state index in [1.807, 2.05) is 12.1 Å². The van der Waals surface area contributed by atoms with Crippen molar-refractivity contribution >= 4 is 27.1 Å². The van der Waals surface area contributed by atoms with Gasteiger partial charge in [-0.25, -0.2) is 8.42 Å². The second-order valence-electron chi connectivity index (χ2n) is 4.65. The van der Waals surface area contributed by atoms with Crippen molar-refractivity contribution in [2.24, 2.45) is 0 Å². The first-order valence-electron chi connectivity index (χ1n) is 6.26. The highest BCUT2D eigenvalue weighted by Gasteiger charge is 2.10. The van der Waals surface area contributed by atoms with Gasteiger partial charge in [0.2, 0.25) is 0 Å². The third-order valence-corrected chi connectivity index (χ3v) is 4.29. The van der Waals surface area contributed by atoms with Crippen molar-refractivity contribution in [2.75, 3.05) is 18.7 Å². The average Bonchev–Trinajstić information content (AvgIpc) is 2.45. The first-order chi connectivity index (χ1) is 9.88. The lowest BCUT2D eigenvalue weighted by atomic mass is 10.2. The number of benzene rings is 2. The second kappa shape index (κ2) is 6.37. The van der Waals surface area contributed by atoms with Crippen LogP contribution in [0.2, 0.25) is 5.02 Å². The molecule has 2 aromatic carbocycles. The van der Waals surface area contributed by atoms with E-state index >= 15 is 0 Å². The summed E-state index contributed by atoms with van der Waals surface area (Å²) in [6, 6.07) is 12.3. The van der Waals surface area contributed by atoms with Crippen molar-refractivity contribution in [1.29, 1.82) is 0 Å². The van der Waals surface area contributed by atoms with E-state index in [1.54, 1.807) is 24.3 Å². The van der Waals surface area contributed by atoms with Crippen LogP contribution >= 0.6 is 11.6 Å². The van der Waals surface area contributed by atoms with Crippen LogP contribution in [0.5, 0.6) is 5.75 Å². The molecule has 0 radical (unpaired) electrons. The number of hydrogen-bond donors (Lipinski definition) is 1. The molecule has 0 saturated carbocycles. The molecule has 2 aromatic rings. The summed E-state index contributed by atoms with van der Waals surface area (Å²) in [5.74, 6) is 0.519. The fourth-order valence-corrected chi connectivity index (χ4v) is 2.66. The Labute approximate surface area is 129 Å². The molecule has 0 spiro atoms. The Kier molecular flexibility index (Phi) is 4.75. The maximum absolute atomic E-state index is 11.7. The quantitative estimate of drug-likeness (QED) is 0.915. The fourth-order valence-electron chi connectivity index (χ4n) is 1.84. The Balaban J connectivity index is 2.21. The Hall–Kier alpha value is -1.72. The zero-order valence-corrected chi connectivity index (χ0v) is 13.3. The largest absolute Gasteiger partial charge is 0.497 e. The van der Waals surface area contributed by atoms with Gasteiger partial charge >= 0.3 is 0 Å². The predicted molar refractivity (Wildman–Crippen MR) is 84.9 cm³/mol. The Bertz CT molecular complexity index is 727. The van der Waals surface area contributed by atoms with Crippen molar-refractivity contribution < 1.29 is 13.2 Å². The summed E-state index contributed by atoms with van der Waals surface area (Å²) in [4.78, 5) is 0.245. The molecular formula is C15H16ClNO3S. The summed E-state index contributed by atoms with van der Waals surface area (Å²) in [6.45, 7) is 0.487. The standard InChI is InChI=1S/C15H16ClNO3S/c1-20-14-7-11(8-15(9-14)21(2,18)19)10-17-13-5-3-12(16)4-6-13/h3-9,17H,10H2,1-2H3. The van der Waals surface area contributed by atoms with Crippen LogP contribution < -0.4 is 10.1 Å². The molecule has 0 atom stereocenters. The number of halogens is 1. The van der Waals surface area contributed by atoms with Crippen LogP contribution in [0.4, 0.5) is 5.69 Å². The van der Waals surface area contributed by atoms with Crippen LogP contribution in [0.15, 0.2) is 47.4 Å². The molecule has 6 heteroatoms. The van der Waals surface area contributed by atoms with E-state index in [2.05, 4.69) is 5.32 Å². The molecule has 21 heavy (non-hydrogen) atoms. The number of ether oxygens (including phenoxy) is 1. The van der Waals surface area contributed by atoms with Crippen LogP contribution in [0.25, 0.3) is 0 Å². The lowest BCUT2D eigenvalue weighted by Gasteiger charge is -2.10. The molecule has 0 unspecified atom stereocenters. The van der Waals surface area contributed by atoms with Crippen LogP contribution in [0, 0.1) is 0 Å². The highest BCUT2D eigenvalue weighted by molar-refractivity contribution is 7.90. The molecule has 112 valence electrons. The molecule has 0 amide bonds. The molecule has 0 aliphatic heterocycles. The molecule has 4 nitrogen and oxygen atoms in total.